The maximum atomic E-state index is 5.83. The zero-order valence-electron chi connectivity index (χ0n) is 17.6. The Hall–Kier alpha value is 0.194. The van der Waals surface area contributed by atoms with Crippen LogP contribution < -0.4 is 0 Å². The molecule has 25 heavy (non-hydrogen) atoms. The average Bonchev–Trinajstić information content (AvgIpc) is 2.52. The molecule has 0 fully saturated rings. The molecule has 0 heterocycles. The molecule has 6 nitrogen and oxygen atoms in total. The van der Waals surface area contributed by atoms with Crippen molar-refractivity contribution in [2.45, 2.75) is 59.3 Å². The first-order chi connectivity index (χ1) is 11.7. The second-order valence-electron chi connectivity index (χ2n) is 7.57. The molecule has 0 aromatic rings. The van der Waals surface area contributed by atoms with Gasteiger partial charge in [-0.1, -0.05) is 27.7 Å². The molecule has 0 radical (unpaired) electrons. The highest BCUT2D eigenvalue weighted by molar-refractivity contribution is 6.66. The molecule has 0 saturated carbocycles. The van der Waals surface area contributed by atoms with Gasteiger partial charge in [-0.15, -0.1) is 0 Å². The van der Waals surface area contributed by atoms with Crippen LogP contribution in [0, 0.1) is 11.8 Å². The van der Waals surface area contributed by atoms with E-state index in [1.807, 2.05) is 0 Å². The topological polar surface area (TPSA) is 55.4 Å². The monoisotopic (exact) mass is 396 g/mol. The molecular weight excluding hydrogens is 356 g/mol. The second-order valence-corrected chi connectivity index (χ2v) is 14.3. The van der Waals surface area contributed by atoms with Crippen molar-refractivity contribution in [3.8, 4) is 0 Å². The Bertz CT molecular complexity index is 302. The summed E-state index contributed by atoms with van der Waals surface area (Å²) in [4.78, 5) is 0. The number of hydrogen-bond donors (Lipinski definition) is 0. The Kier molecular flexibility index (Phi) is 13.5. The minimum atomic E-state index is -2.09. The third kappa shape index (κ3) is 13.1. The smallest absolute Gasteiger partial charge is 0.336 e. The molecule has 0 aliphatic carbocycles. The van der Waals surface area contributed by atoms with Crippen LogP contribution in [0.15, 0.2) is 0 Å². The summed E-state index contributed by atoms with van der Waals surface area (Å²) in [6, 6.07) is 1.93. The molecule has 0 aromatic heterocycles. The lowest BCUT2D eigenvalue weighted by atomic mass is 10.3. The van der Waals surface area contributed by atoms with Crippen LogP contribution in [0.1, 0.15) is 34.1 Å². The van der Waals surface area contributed by atoms with Gasteiger partial charge < -0.3 is 27.2 Å². The Balaban J connectivity index is 3.70. The summed E-state index contributed by atoms with van der Waals surface area (Å²) in [6.07, 6.45) is 0.803. The normalized spacial score (nSPS) is 17.0. The third-order valence-electron chi connectivity index (χ3n) is 3.89. The lowest BCUT2D eigenvalue weighted by Gasteiger charge is -2.26. The Labute approximate surface area is 157 Å². The van der Waals surface area contributed by atoms with Gasteiger partial charge in [0.05, 0.1) is 13.2 Å². The van der Waals surface area contributed by atoms with Gasteiger partial charge in [0.1, 0.15) is 13.6 Å². The van der Waals surface area contributed by atoms with E-state index in [1.165, 1.54) is 0 Å². The predicted molar refractivity (Wildman–Crippen MR) is 105 cm³/mol. The van der Waals surface area contributed by atoms with Crippen molar-refractivity contribution in [3.63, 3.8) is 0 Å². The highest BCUT2D eigenvalue weighted by Crippen LogP contribution is 2.19. The summed E-state index contributed by atoms with van der Waals surface area (Å²) < 4.78 is 33.9. The van der Waals surface area contributed by atoms with E-state index in [0.29, 0.717) is 25.0 Å². The molecule has 2 unspecified atom stereocenters. The maximum absolute atomic E-state index is 5.83. The van der Waals surface area contributed by atoms with Crippen LogP contribution in [0.2, 0.25) is 25.2 Å². The van der Waals surface area contributed by atoms with Gasteiger partial charge in [-0.2, -0.15) is 0 Å². The van der Waals surface area contributed by atoms with Gasteiger partial charge in [-0.25, -0.2) is 0 Å². The average molecular weight is 397 g/mol. The van der Waals surface area contributed by atoms with Gasteiger partial charge in [0.15, 0.2) is 0 Å². The minimum absolute atomic E-state index is 0.281. The molecule has 152 valence electrons. The van der Waals surface area contributed by atoms with Crippen LogP contribution in [0.3, 0.4) is 0 Å². The van der Waals surface area contributed by atoms with E-state index in [1.54, 1.807) is 14.2 Å². The Morgan fingerprint density at radius 1 is 0.680 bits per heavy atom. The summed E-state index contributed by atoms with van der Waals surface area (Å²) in [5.74, 6) is 1.11. The molecule has 0 rings (SSSR count). The lowest BCUT2D eigenvalue weighted by molar-refractivity contribution is -0.0349. The molecular formula is C17H40O6Si2. The van der Waals surface area contributed by atoms with Gasteiger partial charge in [0, 0.05) is 14.2 Å². The summed E-state index contributed by atoms with van der Waals surface area (Å²) >= 11 is 0. The summed E-state index contributed by atoms with van der Waals surface area (Å²) in [5, 5.41) is 0. The van der Waals surface area contributed by atoms with Crippen molar-refractivity contribution in [2.75, 3.05) is 41.0 Å². The van der Waals surface area contributed by atoms with E-state index in [2.05, 4.69) is 40.8 Å². The Morgan fingerprint density at radius 3 is 1.32 bits per heavy atom. The second kappa shape index (κ2) is 13.4. The third-order valence-corrected chi connectivity index (χ3v) is 10.2. The van der Waals surface area contributed by atoms with Crippen molar-refractivity contribution >= 4 is 17.1 Å². The molecule has 0 aromatic carbocycles. The fraction of sp³-hybridized carbons (Fsp3) is 1.00. The van der Waals surface area contributed by atoms with Crippen LogP contribution in [0.25, 0.3) is 0 Å². The molecule has 0 bridgehead atoms. The van der Waals surface area contributed by atoms with Gasteiger partial charge in [0.2, 0.25) is 0 Å². The van der Waals surface area contributed by atoms with Crippen molar-refractivity contribution in [1.82, 2.24) is 0 Å². The fourth-order valence-corrected chi connectivity index (χ4v) is 7.04. The van der Waals surface area contributed by atoms with Crippen LogP contribution in [-0.4, -0.2) is 58.1 Å². The SMILES string of the molecule is CO[Si](C)(CC(C)C)OCOCCCOCO[Si](C)(CC(C)C)OC. The van der Waals surface area contributed by atoms with Crippen LogP contribution in [0.5, 0.6) is 0 Å². The zero-order chi connectivity index (χ0) is 19.3. The molecule has 2 atom stereocenters. The zero-order valence-corrected chi connectivity index (χ0v) is 19.6. The first-order valence-electron chi connectivity index (χ1n) is 9.20. The minimum Gasteiger partial charge on any atom is -0.398 e. The van der Waals surface area contributed by atoms with Crippen molar-refractivity contribution < 1.29 is 27.2 Å². The van der Waals surface area contributed by atoms with E-state index >= 15 is 0 Å². The number of ether oxygens (including phenoxy) is 2. The molecule has 0 aliphatic rings. The largest absolute Gasteiger partial charge is 0.398 e. The summed E-state index contributed by atoms with van der Waals surface area (Å²) in [6.45, 7) is 14.6. The van der Waals surface area contributed by atoms with Crippen molar-refractivity contribution in [1.29, 1.82) is 0 Å². The predicted octanol–water partition coefficient (Wildman–Crippen LogP) is 4.11. The molecule has 0 N–H and O–H groups in total. The maximum Gasteiger partial charge on any atom is 0.336 e. The standard InChI is InChI=1S/C17H40O6Si2/c1-16(2)12-24(7,18-5)22-14-20-10-9-11-21-15-23-25(8,19-6)13-17(3)4/h16-17H,9-15H2,1-8H3. The van der Waals surface area contributed by atoms with Gasteiger partial charge in [-0.05, 0) is 43.4 Å². The quantitative estimate of drug-likeness (QED) is 0.222. The van der Waals surface area contributed by atoms with Crippen molar-refractivity contribution in [3.05, 3.63) is 0 Å². The Morgan fingerprint density at radius 2 is 1.04 bits per heavy atom. The van der Waals surface area contributed by atoms with Gasteiger partial charge in [0.25, 0.3) is 0 Å². The molecule has 0 aliphatic heterocycles. The summed E-state index contributed by atoms with van der Waals surface area (Å²) in [5.41, 5.74) is 0. The highest BCUT2D eigenvalue weighted by atomic mass is 28.4. The lowest BCUT2D eigenvalue weighted by Crippen LogP contribution is -2.39. The molecule has 0 spiro atoms. The molecule has 8 heteroatoms. The first-order valence-corrected chi connectivity index (χ1v) is 14.2. The highest BCUT2D eigenvalue weighted by Gasteiger charge is 2.32. The van der Waals surface area contributed by atoms with Gasteiger partial charge >= 0.3 is 17.1 Å². The van der Waals surface area contributed by atoms with E-state index in [0.717, 1.165) is 18.5 Å². The van der Waals surface area contributed by atoms with Crippen molar-refractivity contribution in [2.24, 2.45) is 11.8 Å². The van der Waals surface area contributed by atoms with Gasteiger partial charge in [-0.3, -0.25) is 0 Å². The van der Waals surface area contributed by atoms with Crippen LogP contribution in [-0.2, 0) is 27.2 Å². The number of rotatable bonds is 16. The fourth-order valence-electron chi connectivity index (χ4n) is 2.60. The van der Waals surface area contributed by atoms with E-state index in [4.69, 9.17) is 27.2 Å². The summed E-state index contributed by atoms with van der Waals surface area (Å²) in [7, 11) is -0.742. The van der Waals surface area contributed by atoms with E-state index in [-0.39, 0.29) is 13.6 Å². The van der Waals surface area contributed by atoms with Crippen LogP contribution in [0.4, 0.5) is 0 Å². The van der Waals surface area contributed by atoms with E-state index < -0.39 is 17.1 Å². The molecule has 0 saturated heterocycles. The first kappa shape index (κ1) is 25.2. The van der Waals surface area contributed by atoms with Crippen LogP contribution >= 0.6 is 0 Å². The van der Waals surface area contributed by atoms with E-state index in [9.17, 15) is 0 Å². The number of hydrogen-bond acceptors (Lipinski definition) is 6. The molecule has 0 amide bonds.